The summed E-state index contributed by atoms with van der Waals surface area (Å²) in [5.41, 5.74) is 7.16. The minimum absolute atomic E-state index is 0.245. The standard InChI is InChI=1S/2C19H16ClNO4S/c2*20-11-4-5-14-13(8-11)18(26-15(9-16(22)23)19(24)21-14)12-3-1-2-10-6-7-25-17(10)12/h2*1-5,8,15,18H,6-7,9H2,(H,21,24)(H,22,23)/t2*15-,18-/m00/s1. The summed E-state index contributed by atoms with van der Waals surface area (Å²) in [5, 5.41) is 23.3. The first kappa shape index (κ1) is 36.0. The second-order valence-electron chi connectivity index (χ2n) is 12.5. The van der Waals surface area contributed by atoms with Gasteiger partial charge in [-0.3, -0.25) is 19.2 Å². The van der Waals surface area contributed by atoms with Crippen LogP contribution in [0.15, 0.2) is 72.8 Å². The van der Waals surface area contributed by atoms with Crippen LogP contribution in [0.1, 0.15) is 56.7 Å². The lowest BCUT2D eigenvalue weighted by molar-refractivity contribution is -0.138. The van der Waals surface area contributed by atoms with Crippen molar-refractivity contribution in [2.24, 2.45) is 0 Å². The Hall–Kier alpha value is -4.36. The lowest BCUT2D eigenvalue weighted by atomic mass is 9.99. The number of para-hydroxylation sites is 2. The van der Waals surface area contributed by atoms with Crippen LogP contribution >= 0.6 is 46.7 Å². The molecule has 10 nitrogen and oxygen atoms in total. The van der Waals surface area contributed by atoms with E-state index in [1.165, 1.54) is 23.5 Å². The smallest absolute Gasteiger partial charge is 0.305 e. The Morgan fingerprint density at radius 1 is 0.654 bits per heavy atom. The van der Waals surface area contributed by atoms with Crippen molar-refractivity contribution in [3.63, 3.8) is 0 Å². The molecular weight excluding hydrogens is 747 g/mol. The number of nitrogens with one attached hydrogen (secondary N) is 2. The van der Waals surface area contributed by atoms with E-state index in [-0.39, 0.29) is 35.2 Å². The van der Waals surface area contributed by atoms with Gasteiger partial charge in [0.15, 0.2) is 0 Å². The van der Waals surface area contributed by atoms with Crippen LogP contribution in [0.3, 0.4) is 0 Å². The predicted molar refractivity (Wildman–Crippen MR) is 202 cm³/mol. The zero-order chi connectivity index (χ0) is 36.5. The number of thioether (sulfide) groups is 2. The Kier molecular flexibility index (Phi) is 10.6. The molecule has 52 heavy (non-hydrogen) atoms. The zero-order valence-electron chi connectivity index (χ0n) is 27.4. The van der Waals surface area contributed by atoms with Crippen LogP contribution in [-0.4, -0.2) is 57.7 Å². The van der Waals surface area contributed by atoms with Gasteiger partial charge in [0.1, 0.15) is 11.5 Å². The molecule has 268 valence electrons. The fourth-order valence-corrected chi connectivity index (χ4v) is 9.94. The third-order valence-electron chi connectivity index (χ3n) is 9.07. The topological polar surface area (TPSA) is 151 Å². The fraction of sp³-hybridized carbons (Fsp3) is 0.263. The summed E-state index contributed by atoms with van der Waals surface area (Å²) >= 11 is 15.1. The van der Waals surface area contributed by atoms with Gasteiger partial charge in [-0.15, -0.1) is 23.5 Å². The molecule has 14 heteroatoms. The van der Waals surface area contributed by atoms with Crippen molar-refractivity contribution in [3.05, 3.63) is 116 Å². The minimum atomic E-state index is -1.00. The molecule has 0 bridgehead atoms. The number of benzene rings is 4. The highest BCUT2D eigenvalue weighted by Crippen LogP contribution is 2.51. The van der Waals surface area contributed by atoms with Gasteiger partial charge in [0.25, 0.3) is 0 Å². The number of hydrogen-bond acceptors (Lipinski definition) is 8. The molecule has 0 saturated heterocycles. The summed E-state index contributed by atoms with van der Waals surface area (Å²) in [6.07, 6.45) is 1.20. The number of rotatable bonds is 6. The lowest BCUT2D eigenvalue weighted by Crippen LogP contribution is -2.26. The average Bonchev–Trinajstić information content (AvgIpc) is 3.75. The van der Waals surface area contributed by atoms with Crippen molar-refractivity contribution in [2.75, 3.05) is 23.8 Å². The molecule has 4 aromatic carbocycles. The van der Waals surface area contributed by atoms with Gasteiger partial charge >= 0.3 is 11.9 Å². The summed E-state index contributed by atoms with van der Waals surface area (Å²) in [7, 11) is 0. The maximum absolute atomic E-state index is 12.5. The first-order valence-corrected chi connectivity index (χ1v) is 19.1. The van der Waals surface area contributed by atoms with Crippen LogP contribution in [0.25, 0.3) is 0 Å². The van der Waals surface area contributed by atoms with E-state index in [2.05, 4.69) is 10.6 Å². The van der Waals surface area contributed by atoms with E-state index in [9.17, 15) is 29.4 Å². The number of carbonyl (C=O) groups excluding carboxylic acids is 2. The number of fused-ring (bicyclic) bond motifs is 4. The molecule has 0 saturated carbocycles. The Morgan fingerprint density at radius 3 is 1.48 bits per heavy atom. The van der Waals surface area contributed by atoms with Gasteiger partial charge in [-0.25, -0.2) is 0 Å². The number of anilines is 2. The molecular formula is C38H32Cl2N2O8S2. The van der Waals surface area contributed by atoms with Crippen LogP contribution in [0.4, 0.5) is 11.4 Å². The van der Waals surface area contributed by atoms with E-state index < -0.39 is 22.4 Å². The summed E-state index contributed by atoms with van der Waals surface area (Å²) in [6.45, 7) is 1.25. The predicted octanol–water partition coefficient (Wildman–Crippen LogP) is 7.79. The molecule has 0 aliphatic carbocycles. The molecule has 4 aromatic rings. The second kappa shape index (κ2) is 15.3. The SMILES string of the molecule is O=C(O)C[C@@H]1S[C@@H](c2cccc3c2OCC3)c2cc(Cl)ccc2NC1=O.O=C(O)C[C@@H]1S[C@@H](c2cccc3c2OCC3)c2cc(Cl)ccc2NC1=O. The van der Waals surface area contributed by atoms with Crippen LogP contribution in [-0.2, 0) is 32.0 Å². The van der Waals surface area contributed by atoms with Crippen LogP contribution in [0.2, 0.25) is 10.0 Å². The summed E-state index contributed by atoms with van der Waals surface area (Å²) in [4.78, 5) is 47.6. The number of aliphatic carboxylic acids is 2. The fourth-order valence-electron chi connectivity index (χ4n) is 6.73. The highest BCUT2D eigenvalue weighted by molar-refractivity contribution is 8.01. The normalized spacial score (nSPS) is 21.2. The van der Waals surface area contributed by atoms with Gasteiger partial charge in [0.2, 0.25) is 11.8 Å². The molecule has 0 fully saturated rings. The number of carbonyl (C=O) groups is 4. The number of hydrogen-bond donors (Lipinski definition) is 4. The minimum Gasteiger partial charge on any atom is -0.493 e. The van der Waals surface area contributed by atoms with Crippen LogP contribution < -0.4 is 20.1 Å². The van der Waals surface area contributed by atoms with Crippen molar-refractivity contribution < 1.29 is 38.9 Å². The van der Waals surface area contributed by atoms with Crippen LogP contribution in [0.5, 0.6) is 11.5 Å². The number of carboxylic acids is 2. The van der Waals surface area contributed by atoms with E-state index in [0.29, 0.717) is 34.6 Å². The Labute approximate surface area is 317 Å². The first-order chi connectivity index (χ1) is 25.0. The van der Waals surface area contributed by atoms with Gasteiger partial charge in [-0.2, -0.15) is 0 Å². The van der Waals surface area contributed by atoms with E-state index in [1.807, 2.05) is 48.5 Å². The van der Waals surface area contributed by atoms with Crippen LogP contribution in [0, 0.1) is 0 Å². The molecule has 4 aliphatic heterocycles. The third-order valence-corrected chi connectivity index (χ3v) is 12.5. The second-order valence-corrected chi connectivity index (χ2v) is 16.0. The Bertz CT molecular complexity index is 1950. The zero-order valence-corrected chi connectivity index (χ0v) is 30.5. The monoisotopic (exact) mass is 778 g/mol. The van der Waals surface area contributed by atoms with Gasteiger partial charge < -0.3 is 30.3 Å². The molecule has 4 atom stereocenters. The van der Waals surface area contributed by atoms with E-state index in [1.54, 1.807) is 24.3 Å². The molecule has 4 aliphatic rings. The molecule has 4 heterocycles. The number of halogens is 2. The number of ether oxygens (including phenoxy) is 2. The van der Waals surface area contributed by atoms with E-state index in [0.717, 1.165) is 57.7 Å². The maximum Gasteiger partial charge on any atom is 0.305 e. The summed E-state index contributed by atoms with van der Waals surface area (Å²) in [6, 6.07) is 22.6. The van der Waals surface area contributed by atoms with E-state index >= 15 is 0 Å². The molecule has 0 aromatic heterocycles. The van der Waals surface area contributed by atoms with Gasteiger partial charge in [0, 0.05) is 45.4 Å². The molecule has 0 unspecified atom stereocenters. The largest absolute Gasteiger partial charge is 0.493 e. The highest BCUT2D eigenvalue weighted by Gasteiger charge is 2.37. The highest BCUT2D eigenvalue weighted by atomic mass is 35.5. The summed E-state index contributed by atoms with van der Waals surface area (Å²) in [5.74, 6) is -0.961. The number of carboxylic acid groups (broad SMARTS) is 2. The van der Waals surface area contributed by atoms with Crippen molar-refractivity contribution in [1.82, 2.24) is 0 Å². The van der Waals surface area contributed by atoms with E-state index in [4.69, 9.17) is 32.7 Å². The third kappa shape index (κ3) is 7.57. The van der Waals surface area contributed by atoms with Crippen molar-refractivity contribution in [1.29, 1.82) is 0 Å². The molecule has 2 amide bonds. The Morgan fingerprint density at radius 2 is 1.08 bits per heavy atom. The average molecular weight is 780 g/mol. The quantitative estimate of drug-likeness (QED) is 0.153. The van der Waals surface area contributed by atoms with Gasteiger partial charge in [0.05, 0.1) is 47.1 Å². The van der Waals surface area contributed by atoms with Crippen molar-refractivity contribution in [3.8, 4) is 11.5 Å². The molecule has 0 radical (unpaired) electrons. The summed E-state index contributed by atoms with van der Waals surface area (Å²) < 4.78 is 11.7. The Balaban J connectivity index is 0.000000162. The maximum atomic E-state index is 12.5. The first-order valence-electron chi connectivity index (χ1n) is 16.5. The van der Waals surface area contributed by atoms with Gasteiger partial charge in [-0.1, -0.05) is 59.6 Å². The number of amides is 2. The lowest BCUT2D eigenvalue weighted by Gasteiger charge is -2.21. The van der Waals surface area contributed by atoms with Crippen molar-refractivity contribution in [2.45, 2.75) is 46.7 Å². The molecule has 8 rings (SSSR count). The molecule has 0 spiro atoms. The van der Waals surface area contributed by atoms with Gasteiger partial charge in [-0.05, 0) is 58.7 Å². The van der Waals surface area contributed by atoms with Crippen molar-refractivity contribution >= 4 is 81.9 Å². The molecule has 4 N–H and O–H groups in total.